The Hall–Kier alpha value is -3.14. The first-order valence-electron chi connectivity index (χ1n) is 9.39. The van der Waals surface area contributed by atoms with Gasteiger partial charge in [0.25, 0.3) is 11.8 Å². The number of rotatable bonds is 7. The molecule has 0 saturated carbocycles. The highest BCUT2D eigenvalue weighted by molar-refractivity contribution is 14.1. The van der Waals surface area contributed by atoms with E-state index in [4.69, 9.17) is 9.47 Å². The lowest BCUT2D eigenvalue weighted by molar-refractivity contribution is -0.129. The number of carbonyl (C=O) groups excluding carboxylic acids is 3. The minimum atomic E-state index is -0.765. The van der Waals surface area contributed by atoms with Crippen molar-refractivity contribution in [2.45, 2.75) is 13.5 Å². The molecule has 1 fully saturated rings. The van der Waals surface area contributed by atoms with Crippen LogP contribution in [0.25, 0.3) is 6.08 Å². The van der Waals surface area contributed by atoms with Gasteiger partial charge in [-0.2, -0.15) is 0 Å². The molecule has 160 valence electrons. The van der Waals surface area contributed by atoms with Gasteiger partial charge >= 0.3 is 6.03 Å². The molecule has 0 aliphatic carbocycles. The summed E-state index contributed by atoms with van der Waals surface area (Å²) in [5, 5.41) is 2.17. The van der Waals surface area contributed by atoms with Crippen LogP contribution in [0.4, 0.5) is 4.79 Å². The number of imide groups is 2. The van der Waals surface area contributed by atoms with Crippen LogP contribution in [0, 0.1) is 10.5 Å². The molecule has 8 heteroatoms. The second-order valence-electron chi connectivity index (χ2n) is 6.83. The van der Waals surface area contributed by atoms with Crippen molar-refractivity contribution >= 4 is 46.5 Å². The number of ether oxygens (including phenoxy) is 2. The molecule has 1 aliphatic heterocycles. The Kier molecular flexibility index (Phi) is 7.11. The molecular formula is C23H21IN2O5. The third-order valence-electron chi connectivity index (χ3n) is 4.56. The fourth-order valence-corrected chi connectivity index (χ4v) is 3.74. The van der Waals surface area contributed by atoms with E-state index in [9.17, 15) is 14.4 Å². The zero-order chi connectivity index (χ0) is 22.5. The van der Waals surface area contributed by atoms with Crippen LogP contribution >= 0.6 is 22.6 Å². The van der Waals surface area contributed by atoms with Gasteiger partial charge in [0.1, 0.15) is 12.2 Å². The highest BCUT2D eigenvalue weighted by Crippen LogP contribution is 2.35. The van der Waals surface area contributed by atoms with E-state index in [2.05, 4.69) is 34.5 Å². The Morgan fingerprint density at radius 3 is 2.52 bits per heavy atom. The zero-order valence-electron chi connectivity index (χ0n) is 17.1. The number of benzene rings is 2. The van der Waals surface area contributed by atoms with Crippen molar-refractivity contribution in [1.82, 2.24) is 10.2 Å². The first-order valence-corrected chi connectivity index (χ1v) is 10.5. The van der Waals surface area contributed by atoms with Gasteiger partial charge in [-0.15, -0.1) is 6.58 Å². The van der Waals surface area contributed by atoms with E-state index in [1.54, 1.807) is 12.1 Å². The largest absolute Gasteiger partial charge is 0.493 e. The summed E-state index contributed by atoms with van der Waals surface area (Å²) in [4.78, 5) is 37.6. The van der Waals surface area contributed by atoms with Crippen LogP contribution < -0.4 is 14.8 Å². The normalized spacial score (nSPS) is 15.1. The standard InChI is InChI=1S/C23H21IN2O5/c1-4-9-26-22(28)17(21(27)25-23(26)29)10-16-11-18(24)20(19(12-16)30-3)31-13-15-7-5-14(2)6-8-15/h4-8,10-12H,1,9,13H2,2-3H3,(H,25,27,29)/b17-10+. The molecule has 2 aromatic rings. The lowest BCUT2D eigenvalue weighted by atomic mass is 10.1. The van der Waals surface area contributed by atoms with E-state index in [1.165, 1.54) is 24.8 Å². The van der Waals surface area contributed by atoms with E-state index >= 15 is 0 Å². The van der Waals surface area contributed by atoms with Crippen LogP contribution in [0.2, 0.25) is 0 Å². The van der Waals surface area contributed by atoms with Crippen molar-refractivity contribution in [2.24, 2.45) is 0 Å². The van der Waals surface area contributed by atoms with Crippen LogP contribution in [0.1, 0.15) is 16.7 Å². The number of aryl methyl sites for hydroxylation is 1. The Morgan fingerprint density at radius 1 is 1.16 bits per heavy atom. The first-order chi connectivity index (χ1) is 14.8. The van der Waals surface area contributed by atoms with E-state index in [0.717, 1.165) is 14.0 Å². The van der Waals surface area contributed by atoms with Gasteiger partial charge < -0.3 is 9.47 Å². The van der Waals surface area contributed by atoms with Gasteiger partial charge in [-0.25, -0.2) is 4.79 Å². The van der Waals surface area contributed by atoms with Crippen LogP contribution in [0.15, 0.2) is 54.6 Å². The highest BCUT2D eigenvalue weighted by Gasteiger charge is 2.35. The molecule has 0 bridgehead atoms. The summed E-state index contributed by atoms with van der Waals surface area (Å²) in [7, 11) is 1.52. The van der Waals surface area contributed by atoms with Gasteiger partial charge in [-0.1, -0.05) is 35.9 Å². The lowest BCUT2D eigenvalue weighted by Crippen LogP contribution is -2.54. The van der Waals surface area contributed by atoms with Gasteiger partial charge in [0.15, 0.2) is 11.5 Å². The number of carbonyl (C=O) groups is 3. The molecule has 0 radical (unpaired) electrons. The third kappa shape index (κ3) is 5.13. The van der Waals surface area contributed by atoms with Crippen LogP contribution in [0.5, 0.6) is 11.5 Å². The molecule has 7 nitrogen and oxygen atoms in total. The van der Waals surface area contributed by atoms with E-state index in [1.807, 2.05) is 31.2 Å². The van der Waals surface area contributed by atoms with Gasteiger partial charge in [-0.3, -0.25) is 19.8 Å². The number of amides is 4. The Balaban J connectivity index is 1.88. The minimum absolute atomic E-state index is 0.00192. The third-order valence-corrected chi connectivity index (χ3v) is 5.37. The van der Waals surface area contributed by atoms with Gasteiger partial charge in [0.2, 0.25) is 0 Å². The monoisotopic (exact) mass is 532 g/mol. The van der Waals surface area contributed by atoms with Crippen molar-refractivity contribution in [3.63, 3.8) is 0 Å². The molecule has 1 aliphatic rings. The summed E-state index contributed by atoms with van der Waals surface area (Å²) in [5.74, 6) is -0.395. The molecule has 1 saturated heterocycles. The highest BCUT2D eigenvalue weighted by atomic mass is 127. The van der Waals surface area contributed by atoms with Crippen molar-refractivity contribution in [1.29, 1.82) is 0 Å². The average molecular weight is 532 g/mol. The maximum atomic E-state index is 12.6. The predicted molar refractivity (Wildman–Crippen MR) is 125 cm³/mol. The summed E-state index contributed by atoms with van der Waals surface area (Å²) in [6.07, 6.45) is 2.84. The molecule has 3 rings (SSSR count). The minimum Gasteiger partial charge on any atom is -0.493 e. The molecule has 0 atom stereocenters. The van der Waals surface area contributed by atoms with Gasteiger partial charge in [-0.05, 0) is 58.9 Å². The molecule has 0 aromatic heterocycles. The number of nitrogens with zero attached hydrogens (tertiary/aromatic N) is 1. The fourth-order valence-electron chi connectivity index (χ4n) is 2.96. The molecule has 1 heterocycles. The molecular weight excluding hydrogens is 511 g/mol. The number of hydrogen-bond donors (Lipinski definition) is 1. The van der Waals surface area contributed by atoms with Crippen molar-refractivity contribution < 1.29 is 23.9 Å². The summed E-state index contributed by atoms with van der Waals surface area (Å²) < 4.78 is 12.2. The number of urea groups is 1. The number of hydrogen-bond acceptors (Lipinski definition) is 5. The van der Waals surface area contributed by atoms with Crippen LogP contribution in [-0.2, 0) is 16.2 Å². The van der Waals surface area contributed by atoms with E-state index in [-0.39, 0.29) is 12.1 Å². The summed E-state index contributed by atoms with van der Waals surface area (Å²) >= 11 is 2.11. The Morgan fingerprint density at radius 2 is 1.87 bits per heavy atom. The summed E-state index contributed by atoms with van der Waals surface area (Å²) in [6.45, 7) is 5.92. The van der Waals surface area contributed by atoms with Gasteiger partial charge in [0.05, 0.1) is 10.7 Å². The summed E-state index contributed by atoms with van der Waals surface area (Å²) in [5.41, 5.74) is 2.61. The second kappa shape index (κ2) is 9.78. The summed E-state index contributed by atoms with van der Waals surface area (Å²) in [6, 6.07) is 10.7. The van der Waals surface area contributed by atoms with Gasteiger partial charge in [0, 0.05) is 6.54 Å². The van der Waals surface area contributed by atoms with E-state index < -0.39 is 17.8 Å². The number of methoxy groups -OCH3 is 1. The lowest BCUT2D eigenvalue weighted by Gasteiger charge is -2.25. The van der Waals surface area contributed by atoms with Crippen LogP contribution in [0.3, 0.4) is 0 Å². The van der Waals surface area contributed by atoms with Crippen LogP contribution in [-0.4, -0.2) is 36.4 Å². The van der Waals surface area contributed by atoms with Crippen molar-refractivity contribution in [3.8, 4) is 11.5 Å². The molecule has 0 spiro atoms. The quantitative estimate of drug-likeness (QED) is 0.254. The predicted octanol–water partition coefficient (Wildman–Crippen LogP) is 3.84. The smallest absolute Gasteiger partial charge is 0.331 e. The number of barbiturate groups is 1. The second-order valence-corrected chi connectivity index (χ2v) is 7.99. The molecule has 4 amide bonds. The maximum Gasteiger partial charge on any atom is 0.331 e. The number of halogens is 1. The average Bonchev–Trinajstić information content (AvgIpc) is 2.74. The maximum absolute atomic E-state index is 12.6. The topological polar surface area (TPSA) is 84.9 Å². The fraction of sp³-hybridized carbons (Fsp3) is 0.174. The molecule has 31 heavy (non-hydrogen) atoms. The van der Waals surface area contributed by atoms with E-state index in [0.29, 0.717) is 23.7 Å². The van der Waals surface area contributed by atoms with Crippen molar-refractivity contribution in [2.75, 3.05) is 13.7 Å². The molecule has 2 aromatic carbocycles. The molecule has 1 N–H and O–H groups in total. The Bertz CT molecular complexity index is 1080. The number of nitrogens with one attached hydrogen (secondary N) is 1. The van der Waals surface area contributed by atoms with Crippen molar-refractivity contribution in [3.05, 3.63) is 74.9 Å². The zero-order valence-corrected chi connectivity index (χ0v) is 19.3. The first kappa shape index (κ1) is 22.5. The molecule has 0 unspecified atom stereocenters. The SMILES string of the molecule is C=CCN1C(=O)NC(=O)/C(=C\c2cc(I)c(OCc3ccc(C)cc3)c(OC)c2)C1=O. The Labute approximate surface area is 193 Å².